The van der Waals surface area contributed by atoms with Crippen molar-refractivity contribution in [2.75, 3.05) is 13.7 Å². The summed E-state index contributed by atoms with van der Waals surface area (Å²) in [5.74, 6) is 0.338. The van der Waals surface area contributed by atoms with Crippen LogP contribution in [0.1, 0.15) is 23.7 Å². The van der Waals surface area contributed by atoms with E-state index in [2.05, 4.69) is 10.3 Å². The molecule has 1 aromatic heterocycles. The second kappa shape index (κ2) is 9.89. The van der Waals surface area contributed by atoms with Crippen LogP contribution in [0.4, 0.5) is 0 Å². The number of carbonyl (C=O) groups is 2. The number of aromatic hydroxyl groups is 1. The fourth-order valence-electron chi connectivity index (χ4n) is 2.91. The van der Waals surface area contributed by atoms with Crippen LogP contribution >= 0.6 is 11.3 Å². The van der Waals surface area contributed by atoms with Gasteiger partial charge in [0.25, 0.3) is 5.91 Å². The van der Waals surface area contributed by atoms with Gasteiger partial charge in [0.1, 0.15) is 11.5 Å². The maximum atomic E-state index is 12.7. The summed E-state index contributed by atoms with van der Waals surface area (Å²) in [6.07, 6.45) is 0.682. The number of thiazole rings is 1. The van der Waals surface area contributed by atoms with Crippen molar-refractivity contribution in [2.45, 2.75) is 19.9 Å². The number of nitrogens with zero attached hydrogens (tertiary/aromatic N) is 2. The molecule has 2 amide bonds. The lowest BCUT2D eigenvalue weighted by Gasteiger charge is -2.10. The molecular weight excluding hydrogens is 402 g/mol. The van der Waals surface area contributed by atoms with E-state index in [9.17, 15) is 14.7 Å². The van der Waals surface area contributed by atoms with Gasteiger partial charge in [0.05, 0.1) is 12.8 Å². The lowest BCUT2D eigenvalue weighted by molar-refractivity contribution is -0.118. The molecule has 1 heterocycles. The van der Waals surface area contributed by atoms with Crippen molar-refractivity contribution in [3.63, 3.8) is 0 Å². The Bertz CT molecular complexity index is 1100. The van der Waals surface area contributed by atoms with Gasteiger partial charge in [-0.1, -0.05) is 6.07 Å². The predicted molar refractivity (Wildman–Crippen MR) is 116 cm³/mol. The van der Waals surface area contributed by atoms with Crippen molar-refractivity contribution >= 4 is 23.2 Å². The molecule has 3 rings (SSSR count). The van der Waals surface area contributed by atoms with E-state index in [0.29, 0.717) is 35.6 Å². The number of phenols is 1. The average molecular weight is 426 g/mol. The Morgan fingerprint density at radius 1 is 1.20 bits per heavy atom. The molecule has 0 atom stereocenters. The highest BCUT2D eigenvalue weighted by Gasteiger charge is 2.11. The number of phenolic OH excluding ortho intramolecular Hbond substituents is 1. The number of aromatic nitrogens is 1. The molecule has 0 bridgehead atoms. The molecule has 2 aromatic carbocycles. The minimum Gasteiger partial charge on any atom is -0.508 e. The van der Waals surface area contributed by atoms with Gasteiger partial charge < -0.3 is 19.7 Å². The number of methoxy groups -OCH3 is 1. The van der Waals surface area contributed by atoms with E-state index >= 15 is 0 Å². The Balaban J connectivity index is 1.95. The maximum absolute atomic E-state index is 12.7. The summed E-state index contributed by atoms with van der Waals surface area (Å²) in [6.45, 7) is 2.58. The van der Waals surface area contributed by atoms with E-state index in [0.717, 1.165) is 11.3 Å². The number of nitrogens with one attached hydrogen (secondary N) is 1. The average Bonchev–Trinajstić information content (AvgIpc) is 3.14. The lowest BCUT2D eigenvalue weighted by atomic mass is 10.1. The van der Waals surface area contributed by atoms with Gasteiger partial charge in [0, 0.05) is 31.0 Å². The zero-order chi connectivity index (χ0) is 21.5. The van der Waals surface area contributed by atoms with Crippen LogP contribution in [0.25, 0.3) is 11.3 Å². The van der Waals surface area contributed by atoms with E-state index in [1.54, 1.807) is 43.5 Å². The molecule has 0 aliphatic rings. The third-order valence-electron chi connectivity index (χ3n) is 4.41. The van der Waals surface area contributed by atoms with Crippen molar-refractivity contribution in [2.24, 2.45) is 4.99 Å². The first-order chi connectivity index (χ1) is 14.5. The summed E-state index contributed by atoms with van der Waals surface area (Å²) in [4.78, 5) is 28.8. The van der Waals surface area contributed by atoms with E-state index in [1.165, 1.54) is 18.3 Å². The molecule has 0 spiro atoms. The Labute approximate surface area is 178 Å². The topological polar surface area (TPSA) is 92.9 Å². The first-order valence-electron chi connectivity index (χ1n) is 9.43. The van der Waals surface area contributed by atoms with Crippen LogP contribution < -0.4 is 14.9 Å². The van der Waals surface area contributed by atoms with Crippen molar-refractivity contribution in [1.82, 2.24) is 9.88 Å². The predicted octanol–water partition coefficient (Wildman–Crippen LogP) is 3.20. The molecule has 0 fully saturated rings. The summed E-state index contributed by atoms with van der Waals surface area (Å²) in [5, 5.41) is 14.3. The number of hydrogen-bond donors (Lipinski definition) is 2. The van der Waals surface area contributed by atoms with Gasteiger partial charge in [0.2, 0.25) is 5.91 Å². The Kier molecular flexibility index (Phi) is 7.03. The lowest BCUT2D eigenvalue weighted by Crippen LogP contribution is -2.24. The molecule has 8 heteroatoms. The third-order valence-corrected chi connectivity index (χ3v) is 5.27. The molecule has 0 saturated carbocycles. The smallest absolute Gasteiger partial charge is 0.279 e. The van der Waals surface area contributed by atoms with E-state index in [1.807, 2.05) is 22.1 Å². The van der Waals surface area contributed by atoms with E-state index in [4.69, 9.17) is 4.74 Å². The summed E-state index contributed by atoms with van der Waals surface area (Å²) in [7, 11) is 1.55. The largest absolute Gasteiger partial charge is 0.508 e. The Morgan fingerprint density at radius 3 is 2.67 bits per heavy atom. The monoisotopic (exact) mass is 425 g/mol. The number of hydrogen-bond acceptors (Lipinski definition) is 5. The maximum Gasteiger partial charge on any atom is 0.279 e. The molecule has 0 saturated heterocycles. The van der Waals surface area contributed by atoms with Crippen molar-refractivity contribution in [3.8, 4) is 22.8 Å². The highest BCUT2D eigenvalue weighted by atomic mass is 32.1. The number of rotatable bonds is 7. The van der Waals surface area contributed by atoms with E-state index < -0.39 is 0 Å². The molecule has 30 heavy (non-hydrogen) atoms. The zero-order valence-electron chi connectivity index (χ0n) is 16.8. The molecular formula is C22H23N3O4S. The summed E-state index contributed by atoms with van der Waals surface area (Å²) in [6, 6.07) is 13.7. The van der Waals surface area contributed by atoms with Crippen LogP contribution in [0, 0.1) is 0 Å². The van der Waals surface area contributed by atoms with Gasteiger partial charge in [-0.2, -0.15) is 4.99 Å². The van der Waals surface area contributed by atoms with Crippen molar-refractivity contribution < 1.29 is 19.4 Å². The molecule has 0 aliphatic heterocycles. The van der Waals surface area contributed by atoms with Gasteiger partial charge in [-0.05, 0) is 54.4 Å². The van der Waals surface area contributed by atoms with E-state index in [-0.39, 0.29) is 17.6 Å². The van der Waals surface area contributed by atoms with Gasteiger partial charge in [-0.3, -0.25) is 9.59 Å². The Morgan fingerprint density at radius 2 is 1.97 bits per heavy atom. The quantitative estimate of drug-likeness (QED) is 0.569. The summed E-state index contributed by atoms with van der Waals surface area (Å²) < 4.78 is 7.14. The first-order valence-corrected chi connectivity index (χ1v) is 10.3. The van der Waals surface area contributed by atoms with Crippen LogP contribution in [-0.2, 0) is 11.3 Å². The molecule has 156 valence electrons. The number of carbonyl (C=O) groups excluding carboxylic acids is 2. The van der Waals surface area contributed by atoms with Crippen molar-refractivity contribution in [1.29, 1.82) is 0 Å². The van der Waals surface area contributed by atoms with Crippen molar-refractivity contribution in [3.05, 3.63) is 64.3 Å². The molecule has 0 unspecified atom stereocenters. The molecule has 0 radical (unpaired) electrons. The molecule has 7 nitrogen and oxygen atoms in total. The summed E-state index contributed by atoms with van der Waals surface area (Å²) >= 11 is 1.37. The Hall–Kier alpha value is -3.39. The molecule has 3 aromatic rings. The van der Waals surface area contributed by atoms with Gasteiger partial charge in [-0.25, -0.2) is 0 Å². The second-order valence-corrected chi connectivity index (χ2v) is 7.42. The fraction of sp³-hybridized carbons (Fsp3) is 0.227. The minimum absolute atomic E-state index is 0.0813. The number of benzene rings is 2. The molecule has 0 aliphatic carbocycles. The second-order valence-electron chi connectivity index (χ2n) is 6.59. The number of ether oxygens (including phenoxy) is 1. The van der Waals surface area contributed by atoms with Gasteiger partial charge in [0.15, 0.2) is 4.80 Å². The van der Waals surface area contributed by atoms with Crippen LogP contribution in [0.3, 0.4) is 0 Å². The minimum atomic E-state index is -0.358. The normalized spacial score (nSPS) is 11.3. The van der Waals surface area contributed by atoms with Crippen LogP contribution in [0.5, 0.6) is 11.5 Å². The van der Waals surface area contributed by atoms with Crippen LogP contribution in [-0.4, -0.2) is 35.1 Å². The van der Waals surface area contributed by atoms with Crippen LogP contribution in [0.2, 0.25) is 0 Å². The third kappa shape index (κ3) is 5.36. The first kappa shape index (κ1) is 21.3. The standard InChI is InChI=1S/C22H23N3O4S/c1-15(26)23-11-4-12-25-20(16-7-9-18(27)10-8-16)14-30-22(25)24-21(28)17-5-3-6-19(13-17)29-2/h3,5-10,13-14,27H,4,11-12H2,1-2H3,(H,23,26). The van der Waals surface area contributed by atoms with Gasteiger partial charge in [-0.15, -0.1) is 11.3 Å². The van der Waals surface area contributed by atoms with Gasteiger partial charge >= 0.3 is 0 Å². The number of amides is 2. The zero-order valence-corrected chi connectivity index (χ0v) is 17.6. The highest BCUT2D eigenvalue weighted by Crippen LogP contribution is 2.23. The fourth-order valence-corrected chi connectivity index (χ4v) is 3.84. The molecule has 2 N–H and O–H groups in total. The highest BCUT2D eigenvalue weighted by molar-refractivity contribution is 7.07. The van der Waals surface area contributed by atoms with Crippen LogP contribution in [0.15, 0.2) is 58.9 Å². The SMILES string of the molecule is COc1cccc(C(=O)N=c2scc(-c3ccc(O)cc3)n2CCCNC(C)=O)c1. The summed E-state index contributed by atoms with van der Waals surface area (Å²) in [5.41, 5.74) is 2.23.